The Kier molecular flexibility index (Phi) is 4.59. The van der Waals surface area contributed by atoms with Crippen LogP contribution in [0.1, 0.15) is 29.0 Å². The lowest BCUT2D eigenvalue weighted by atomic mass is 10.1. The van der Waals surface area contributed by atoms with Crippen LogP contribution in [0, 0.1) is 11.3 Å². The summed E-state index contributed by atoms with van der Waals surface area (Å²) in [6, 6.07) is 9.76. The normalized spacial score (nSPS) is 14.0. The fourth-order valence-corrected chi connectivity index (χ4v) is 2.41. The number of nitrogens with zero attached hydrogens (tertiary/aromatic N) is 1. The third kappa shape index (κ3) is 3.90. The highest BCUT2D eigenvalue weighted by Gasteiger charge is 2.24. The largest absolute Gasteiger partial charge is 0.478 e. The number of carbonyl (C=O) groups is 2. The molecule has 1 heterocycles. The van der Waals surface area contributed by atoms with Gasteiger partial charge in [0.25, 0.3) is 5.91 Å². The molecule has 2 N–H and O–H groups in total. The predicted molar refractivity (Wildman–Crippen MR) is 90.9 cm³/mol. The number of rotatable bonds is 5. The van der Waals surface area contributed by atoms with Crippen molar-refractivity contribution in [1.29, 1.82) is 5.26 Å². The fourth-order valence-electron chi connectivity index (χ4n) is 2.21. The maximum atomic E-state index is 11.9. The number of carboxylic acid groups (broad SMARTS) is 1. The maximum Gasteiger partial charge on any atom is 0.337 e. The number of nitriles is 1. The van der Waals surface area contributed by atoms with Crippen LogP contribution in [0.15, 0.2) is 40.3 Å². The van der Waals surface area contributed by atoms with E-state index in [1.165, 1.54) is 18.2 Å². The molecule has 0 atom stereocenters. The zero-order chi connectivity index (χ0) is 18.0. The molecule has 0 unspecified atom stereocenters. The summed E-state index contributed by atoms with van der Waals surface area (Å²) in [7, 11) is 0. The molecule has 1 saturated carbocycles. The van der Waals surface area contributed by atoms with E-state index in [0.717, 1.165) is 12.8 Å². The summed E-state index contributed by atoms with van der Waals surface area (Å²) in [5, 5.41) is 21.1. The Morgan fingerprint density at radius 3 is 2.72 bits per heavy atom. The first-order valence-electron chi connectivity index (χ1n) is 7.53. The van der Waals surface area contributed by atoms with Gasteiger partial charge in [-0.15, -0.1) is 0 Å². The van der Waals surface area contributed by atoms with Crippen molar-refractivity contribution in [2.75, 3.05) is 0 Å². The van der Waals surface area contributed by atoms with Gasteiger partial charge in [-0.1, -0.05) is 11.6 Å². The van der Waals surface area contributed by atoms with E-state index in [9.17, 15) is 9.59 Å². The van der Waals surface area contributed by atoms with Crippen LogP contribution in [0.3, 0.4) is 0 Å². The second-order valence-corrected chi connectivity index (χ2v) is 6.03. The van der Waals surface area contributed by atoms with E-state index in [4.69, 9.17) is 26.4 Å². The van der Waals surface area contributed by atoms with Crippen LogP contribution in [-0.2, 0) is 4.79 Å². The van der Waals surface area contributed by atoms with Crippen LogP contribution in [0.25, 0.3) is 17.4 Å². The second-order valence-electron chi connectivity index (χ2n) is 5.62. The minimum atomic E-state index is -1.14. The van der Waals surface area contributed by atoms with Gasteiger partial charge in [-0.25, -0.2) is 4.79 Å². The smallest absolute Gasteiger partial charge is 0.337 e. The van der Waals surface area contributed by atoms with Crippen LogP contribution < -0.4 is 5.32 Å². The van der Waals surface area contributed by atoms with E-state index in [2.05, 4.69) is 5.32 Å². The van der Waals surface area contributed by atoms with Crippen LogP contribution >= 0.6 is 11.6 Å². The maximum absolute atomic E-state index is 11.9. The first-order valence-corrected chi connectivity index (χ1v) is 7.91. The zero-order valence-electron chi connectivity index (χ0n) is 13.0. The molecular formula is C18H13ClN2O4. The summed E-state index contributed by atoms with van der Waals surface area (Å²) in [5.74, 6) is -0.834. The molecule has 0 saturated heterocycles. The molecule has 126 valence electrons. The highest BCUT2D eigenvalue weighted by molar-refractivity contribution is 6.33. The van der Waals surface area contributed by atoms with Gasteiger partial charge in [0.2, 0.25) is 0 Å². The van der Waals surface area contributed by atoms with E-state index in [0.29, 0.717) is 17.1 Å². The predicted octanol–water partition coefficient (Wildman–Crippen LogP) is 3.48. The number of nitrogens with one attached hydrogen (secondary N) is 1. The quantitative estimate of drug-likeness (QED) is 0.630. The topological polar surface area (TPSA) is 103 Å². The number of halogens is 1. The van der Waals surface area contributed by atoms with Gasteiger partial charge in [0.05, 0.1) is 10.6 Å². The van der Waals surface area contributed by atoms with Gasteiger partial charge in [0, 0.05) is 17.7 Å². The average molecular weight is 357 g/mol. The Balaban J connectivity index is 1.85. The zero-order valence-corrected chi connectivity index (χ0v) is 13.7. The van der Waals surface area contributed by atoms with Crippen LogP contribution in [0.4, 0.5) is 0 Å². The molecule has 1 aliphatic carbocycles. The van der Waals surface area contributed by atoms with Gasteiger partial charge in [0.1, 0.15) is 23.2 Å². The van der Waals surface area contributed by atoms with Crippen molar-refractivity contribution < 1.29 is 19.1 Å². The first-order chi connectivity index (χ1) is 12.0. The Morgan fingerprint density at radius 1 is 1.32 bits per heavy atom. The molecule has 1 fully saturated rings. The molecule has 1 aliphatic rings. The van der Waals surface area contributed by atoms with Gasteiger partial charge < -0.3 is 14.8 Å². The number of benzene rings is 1. The summed E-state index contributed by atoms with van der Waals surface area (Å²) in [6.45, 7) is 0. The number of carboxylic acids is 1. The highest BCUT2D eigenvalue weighted by atomic mass is 35.5. The number of hydrogen-bond donors (Lipinski definition) is 2. The third-order valence-corrected chi connectivity index (χ3v) is 4.00. The third-order valence-electron chi connectivity index (χ3n) is 3.67. The highest BCUT2D eigenvalue weighted by Crippen LogP contribution is 2.28. The molecule has 25 heavy (non-hydrogen) atoms. The SMILES string of the molecule is N#C/C(=C\c1ccc(-c2ccc(Cl)c(C(=O)O)c2)o1)C(=O)NC1CC1. The molecule has 1 aromatic carbocycles. The van der Waals surface area contributed by atoms with E-state index in [1.54, 1.807) is 18.2 Å². The summed E-state index contributed by atoms with van der Waals surface area (Å²) in [6.07, 6.45) is 3.21. The first kappa shape index (κ1) is 16.8. The van der Waals surface area contributed by atoms with Gasteiger partial charge in [-0.2, -0.15) is 5.26 Å². The molecule has 7 heteroatoms. The van der Waals surface area contributed by atoms with E-state index in [1.807, 2.05) is 6.07 Å². The second kappa shape index (κ2) is 6.83. The van der Waals surface area contributed by atoms with Crippen molar-refractivity contribution in [3.8, 4) is 17.4 Å². The van der Waals surface area contributed by atoms with Crippen molar-refractivity contribution in [2.45, 2.75) is 18.9 Å². The monoisotopic (exact) mass is 356 g/mol. The number of aromatic carboxylic acids is 1. The molecule has 6 nitrogen and oxygen atoms in total. The molecule has 1 aromatic heterocycles. The number of furan rings is 1. The van der Waals surface area contributed by atoms with Crippen LogP contribution in [-0.4, -0.2) is 23.0 Å². The Bertz CT molecular complexity index is 919. The van der Waals surface area contributed by atoms with Gasteiger partial charge in [-0.05, 0) is 43.2 Å². The standard InChI is InChI=1S/C18H13ClN2O4/c19-15-5-1-10(8-14(15)18(23)24)16-6-4-13(25-16)7-11(9-20)17(22)21-12-2-3-12/h1,4-8,12H,2-3H2,(H,21,22)(H,23,24)/b11-7+. The minimum absolute atomic E-state index is 0.0332. The number of carbonyl (C=O) groups excluding carboxylic acids is 1. The van der Waals surface area contributed by atoms with E-state index >= 15 is 0 Å². The minimum Gasteiger partial charge on any atom is -0.478 e. The molecular weight excluding hydrogens is 344 g/mol. The Hall–Kier alpha value is -3.04. The molecule has 0 radical (unpaired) electrons. The summed E-state index contributed by atoms with van der Waals surface area (Å²) < 4.78 is 5.60. The Labute approximate surface area is 148 Å². The van der Waals surface area contributed by atoms with E-state index in [-0.39, 0.29) is 22.2 Å². The molecule has 0 spiro atoms. The van der Waals surface area contributed by atoms with Gasteiger partial charge >= 0.3 is 5.97 Å². The Morgan fingerprint density at radius 2 is 2.08 bits per heavy atom. The average Bonchev–Trinajstić information content (AvgIpc) is 3.27. The lowest BCUT2D eigenvalue weighted by molar-refractivity contribution is -0.117. The van der Waals surface area contributed by atoms with E-state index < -0.39 is 11.9 Å². The fraction of sp³-hybridized carbons (Fsp3) is 0.167. The molecule has 3 rings (SSSR count). The lowest BCUT2D eigenvalue weighted by Crippen LogP contribution is -2.26. The summed E-state index contributed by atoms with van der Waals surface area (Å²) >= 11 is 5.85. The van der Waals surface area contributed by atoms with Crippen molar-refractivity contribution in [2.24, 2.45) is 0 Å². The van der Waals surface area contributed by atoms with Crippen LogP contribution in [0.2, 0.25) is 5.02 Å². The summed E-state index contributed by atoms with van der Waals surface area (Å²) in [4.78, 5) is 23.1. The molecule has 2 aromatic rings. The van der Waals surface area contributed by atoms with Crippen molar-refractivity contribution in [1.82, 2.24) is 5.32 Å². The van der Waals surface area contributed by atoms with Gasteiger partial charge in [0.15, 0.2) is 0 Å². The van der Waals surface area contributed by atoms with Gasteiger partial charge in [-0.3, -0.25) is 4.79 Å². The number of hydrogen-bond acceptors (Lipinski definition) is 4. The van der Waals surface area contributed by atoms with Crippen molar-refractivity contribution in [3.05, 3.63) is 52.3 Å². The molecule has 1 amide bonds. The molecule has 0 aliphatic heterocycles. The van der Waals surface area contributed by atoms with Crippen LogP contribution in [0.5, 0.6) is 0 Å². The number of amides is 1. The summed E-state index contributed by atoms with van der Waals surface area (Å²) in [5.41, 5.74) is 0.451. The molecule has 0 bridgehead atoms. The van der Waals surface area contributed by atoms with Crippen molar-refractivity contribution >= 4 is 29.6 Å². The van der Waals surface area contributed by atoms with Crippen molar-refractivity contribution in [3.63, 3.8) is 0 Å². The lowest BCUT2D eigenvalue weighted by Gasteiger charge is -2.02.